The molecule has 2 aromatic rings. The Morgan fingerprint density at radius 3 is 2.50 bits per heavy atom. The SMILES string of the molecule is CCOc1ccc(NC(=O)/C(C#N)=C/c2ccc(C(C)C)c([N+](=O)[O-])c2)cc1. The van der Waals surface area contributed by atoms with Crippen molar-refractivity contribution >= 4 is 23.4 Å². The number of carbonyl (C=O) groups excluding carboxylic acids is 1. The summed E-state index contributed by atoms with van der Waals surface area (Å²) in [6.07, 6.45) is 1.33. The number of amides is 1. The van der Waals surface area contributed by atoms with E-state index in [1.807, 2.05) is 26.8 Å². The van der Waals surface area contributed by atoms with Gasteiger partial charge in [-0.15, -0.1) is 0 Å². The van der Waals surface area contributed by atoms with Crippen LogP contribution in [0, 0.1) is 21.4 Å². The van der Waals surface area contributed by atoms with Gasteiger partial charge in [-0.2, -0.15) is 5.26 Å². The first-order valence-electron chi connectivity index (χ1n) is 8.80. The van der Waals surface area contributed by atoms with E-state index in [4.69, 9.17) is 4.74 Å². The highest BCUT2D eigenvalue weighted by atomic mass is 16.6. The molecule has 0 aliphatic heterocycles. The summed E-state index contributed by atoms with van der Waals surface area (Å²) in [7, 11) is 0. The smallest absolute Gasteiger partial charge is 0.273 e. The van der Waals surface area contributed by atoms with Crippen molar-refractivity contribution < 1.29 is 14.5 Å². The van der Waals surface area contributed by atoms with Crippen LogP contribution in [0.4, 0.5) is 11.4 Å². The quantitative estimate of drug-likeness (QED) is 0.326. The number of anilines is 1. The van der Waals surface area contributed by atoms with Crippen LogP contribution in [0.5, 0.6) is 5.75 Å². The van der Waals surface area contributed by atoms with Crippen LogP contribution in [-0.2, 0) is 4.79 Å². The predicted octanol–water partition coefficient (Wildman–Crippen LogP) is 4.66. The average Bonchev–Trinajstić information content (AvgIpc) is 2.67. The third-order valence-corrected chi connectivity index (χ3v) is 3.97. The van der Waals surface area contributed by atoms with Crippen LogP contribution >= 0.6 is 0 Å². The van der Waals surface area contributed by atoms with Crippen LogP contribution in [-0.4, -0.2) is 17.4 Å². The number of nitro benzene ring substituents is 1. The maximum Gasteiger partial charge on any atom is 0.273 e. The van der Waals surface area contributed by atoms with Crippen molar-refractivity contribution in [3.05, 3.63) is 69.3 Å². The minimum atomic E-state index is -0.595. The van der Waals surface area contributed by atoms with Gasteiger partial charge >= 0.3 is 0 Å². The molecule has 0 atom stereocenters. The van der Waals surface area contributed by atoms with Crippen LogP contribution in [0.15, 0.2) is 48.0 Å². The van der Waals surface area contributed by atoms with Crippen molar-refractivity contribution in [3.8, 4) is 11.8 Å². The molecule has 0 spiro atoms. The molecule has 144 valence electrons. The normalized spacial score (nSPS) is 11.0. The Balaban J connectivity index is 2.25. The van der Waals surface area contributed by atoms with Gasteiger partial charge in [0.15, 0.2) is 0 Å². The largest absolute Gasteiger partial charge is 0.494 e. The number of nitriles is 1. The topological polar surface area (TPSA) is 105 Å². The van der Waals surface area contributed by atoms with Crippen LogP contribution in [0.3, 0.4) is 0 Å². The first kappa shape index (κ1) is 20.6. The molecule has 1 amide bonds. The second-order valence-corrected chi connectivity index (χ2v) is 6.31. The van der Waals surface area contributed by atoms with E-state index in [9.17, 15) is 20.2 Å². The van der Waals surface area contributed by atoms with Gasteiger partial charge < -0.3 is 10.1 Å². The Morgan fingerprint density at radius 1 is 1.29 bits per heavy atom. The molecule has 1 N–H and O–H groups in total. The van der Waals surface area contributed by atoms with Gasteiger partial charge in [0.2, 0.25) is 0 Å². The second-order valence-electron chi connectivity index (χ2n) is 6.31. The molecular formula is C21H21N3O4. The van der Waals surface area contributed by atoms with Crippen molar-refractivity contribution in [2.75, 3.05) is 11.9 Å². The molecule has 0 aromatic heterocycles. The predicted molar refractivity (Wildman–Crippen MR) is 107 cm³/mol. The van der Waals surface area contributed by atoms with E-state index in [1.54, 1.807) is 36.4 Å². The Hall–Kier alpha value is -3.66. The zero-order valence-electron chi connectivity index (χ0n) is 15.9. The highest BCUT2D eigenvalue weighted by Gasteiger charge is 2.17. The van der Waals surface area contributed by atoms with E-state index < -0.39 is 10.8 Å². The highest BCUT2D eigenvalue weighted by molar-refractivity contribution is 6.09. The van der Waals surface area contributed by atoms with E-state index in [0.717, 1.165) is 0 Å². The first-order chi connectivity index (χ1) is 13.3. The molecule has 28 heavy (non-hydrogen) atoms. The van der Waals surface area contributed by atoms with E-state index in [-0.39, 0.29) is 17.2 Å². The lowest BCUT2D eigenvalue weighted by atomic mass is 9.98. The number of nitrogens with one attached hydrogen (secondary N) is 1. The molecule has 0 saturated carbocycles. The van der Waals surface area contributed by atoms with Crippen LogP contribution in [0.1, 0.15) is 37.8 Å². The summed E-state index contributed by atoms with van der Waals surface area (Å²) < 4.78 is 5.34. The van der Waals surface area contributed by atoms with Crippen molar-refractivity contribution in [1.29, 1.82) is 5.26 Å². The monoisotopic (exact) mass is 379 g/mol. The number of nitro groups is 1. The number of nitrogens with zero attached hydrogens (tertiary/aromatic N) is 2. The van der Waals surface area contributed by atoms with Gasteiger partial charge in [-0.1, -0.05) is 26.0 Å². The number of hydrogen-bond acceptors (Lipinski definition) is 5. The summed E-state index contributed by atoms with van der Waals surface area (Å²) in [5, 5.41) is 23.3. The molecule has 0 unspecified atom stereocenters. The lowest BCUT2D eigenvalue weighted by molar-refractivity contribution is -0.385. The molecule has 7 nitrogen and oxygen atoms in total. The average molecular weight is 379 g/mol. The molecule has 0 aliphatic carbocycles. The molecular weight excluding hydrogens is 358 g/mol. The van der Waals surface area contributed by atoms with E-state index in [0.29, 0.717) is 29.2 Å². The van der Waals surface area contributed by atoms with Crippen molar-refractivity contribution in [3.63, 3.8) is 0 Å². The maximum absolute atomic E-state index is 12.4. The minimum Gasteiger partial charge on any atom is -0.494 e. The summed E-state index contributed by atoms with van der Waals surface area (Å²) in [5.41, 5.74) is 1.33. The second kappa shape index (κ2) is 9.33. The number of ether oxygens (including phenoxy) is 1. The van der Waals surface area contributed by atoms with Crippen LogP contribution in [0.2, 0.25) is 0 Å². The zero-order valence-corrected chi connectivity index (χ0v) is 15.9. The van der Waals surface area contributed by atoms with Gasteiger partial charge in [0.05, 0.1) is 11.5 Å². The fraction of sp³-hybridized carbons (Fsp3) is 0.238. The van der Waals surface area contributed by atoms with Gasteiger partial charge in [0, 0.05) is 17.3 Å². The molecule has 7 heteroatoms. The third kappa shape index (κ3) is 5.17. The van der Waals surface area contributed by atoms with Gasteiger partial charge in [0.25, 0.3) is 11.6 Å². The fourth-order valence-electron chi connectivity index (χ4n) is 2.61. The summed E-state index contributed by atoms with van der Waals surface area (Å²) in [4.78, 5) is 23.2. The van der Waals surface area contributed by atoms with Crippen molar-refractivity contribution in [1.82, 2.24) is 0 Å². The number of carbonyl (C=O) groups is 1. The lowest BCUT2D eigenvalue weighted by Gasteiger charge is -2.08. The highest BCUT2D eigenvalue weighted by Crippen LogP contribution is 2.28. The number of benzene rings is 2. The first-order valence-corrected chi connectivity index (χ1v) is 8.80. The third-order valence-electron chi connectivity index (χ3n) is 3.97. The van der Waals surface area contributed by atoms with E-state index in [1.165, 1.54) is 12.1 Å². The molecule has 0 radical (unpaired) electrons. The maximum atomic E-state index is 12.4. The van der Waals surface area contributed by atoms with Gasteiger partial charge in [-0.05, 0) is 48.7 Å². The summed E-state index contributed by atoms with van der Waals surface area (Å²) in [5.74, 6) is 0.0631. The molecule has 2 rings (SSSR count). The lowest BCUT2D eigenvalue weighted by Crippen LogP contribution is -2.13. The molecule has 0 aliphatic rings. The Bertz CT molecular complexity index is 941. The number of hydrogen-bond donors (Lipinski definition) is 1. The van der Waals surface area contributed by atoms with Crippen molar-refractivity contribution in [2.45, 2.75) is 26.7 Å². The minimum absolute atomic E-state index is 0.0168. The Labute approximate surface area is 163 Å². The van der Waals surface area contributed by atoms with Gasteiger partial charge in [-0.3, -0.25) is 14.9 Å². The van der Waals surface area contributed by atoms with Gasteiger partial charge in [0.1, 0.15) is 17.4 Å². The Morgan fingerprint density at radius 2 is 1.96 bits per heavy atom. The summed E-state index contributed by atoms with van der Waals surface area (Å²) in [6, 6.07) is 13.3. The van der Waals surface area contributed by atoms with Gasteiger partial charge in [-0.25, -0.2) is 0 Å². The van der Waals surface area contributed by atoms with E-state index in [2.05, 4.69) is 5.32 Å². The van der Waals surface area contributed by atoms with Crippen LogP contribution < -0.4 is 10.1 Å². The molecule has 0 saturated heterocycles. The van der Waals surface area contributed by atoms with E-state index >= 15 is 0 Å². The fourth-order valence-corrected chi connectivity index (χ4v) is 2.61. The standard InChI is InChI=1S/C21H21N3O4/c1-4-28-18-8-6-17(7-9-18)23-21(25)16(13-22)11-15-5-10-19(14(2)3)20(12-15)24(26)27/h5-12,14H,4H2,1-3H3,(H,23,25)/b16-11+. The molecule has 0 bridgehead atoms. The molecule has 0 fully saturated rings. The van der Waals surface area contributed by atoms with Crippen molar-refractivity contribution in [2.24, 2.45) is 0 Å². The summed E-state index contributed by atoms with van der Waals surface area (Å²) in [6.45, 7) is 6.14. The zero-order chi connectivity index (χ0) is 20.7. The summed E-state index contributed by atoms with van der Waals surface area (Å²) >= 11 is 0. The Kier molecular flexibility index (Phi) is 6.88. The van der Waals surface area contributed by atoms with Crippen LogP contribution in [0.25, 0.3) is 6.08 Å². The molecule has 0 heterocycles. The molecule has 2 aromatic carbocycles. The number of rotatable bonds is 7.